The van der Waals surface area contributed by atoms with E-state index in [1.54, 1.807) is 12.1 Å². The van der Waals surface area contributed by atoms with E-state index >= 15 is 0 Å². The number of carboxylic acid groups (broad SMARTS) is 1. The molecule has 1 atom stereocenters. The number of anilines is 1. The molecule has 0 fully saturated rings. The maximum absolute atomic E-state index is 11.4. The van der Waals surface area contributed by atoms with Crippen LogP contribution in [0.25, 0.3) is 0 Å². The first-order valence-electron chi connectivity index (χ1n) is 6.89. The highest BCUT2D eigenvalue weighted by atomic mass is 16.5. The van der Waals surface area contributed by atoms with Crippen molar-refractivity contribution in [3.05, 3.63) is 29.5 Å². The number of hydrogen-bond donors (Lipinski definition) is 2. The Morgan fingerprint density at radius 2 is 1.83 bits per heavy atom. The molecule has 0 amide bonds. The normalized spacial score (nSPS) is 15.8. The zero-order valence-corrected chi connectivity index (χ0v) is 13.2. The Morgan fingerprint density at radius 3 is 2.46 bits per heavy atom. The van der Waals surface area contributed by atoms with Gasteiger partial charge in [0.05, 0.1) is 21.3 Å². The number of tetrazole rings is 1. The Morgan fingerprint density at radius 1 is 1.17 bits per heavy atom. The number of allylic oxidation sites excluding steroid dienone is 1. The zero-order valence-electron chi connectivity index (χ0n) is 13.2. The lowest BCUT2D eigenvalue weighted by Crippen LogP contribution is -2.24. The average molecular weight is 333 g/mol. The van der Waals surface area contributed by atoms with E-state index in [-0.39, 0.29) is 11.6 Å². The standard InChI is InChI=1S/C14H15N5O5/c1-22-10-6-12(24-3)11(23-2)4-7(10)9-5-8(13(20)21)15-14-16-17-18-19(9)14/h4-6,9H,1-3H3,(H,20,21)(H,15,16,18)/t9-/m0/s1. The van der Waals surface area contributed by atoms with Gasteiger partial charge in [-0.1, -0.05) is 5.10 Å². The molecule has 2 heterocycles. The van der Waals surface area contributed by atoms with Gasteiger partial charge in [0.2, 0.25) is 5.95 Å². The number of carbonyl (C=O) groups is 1. The average Bonchev–Trinajstić information content (AvgIpc) is 3.08. The van der Waals surface area contributed by atoms with Gasteiger partial charge in [-0.3, -0.25) is 0 Å². The Balaban J connectivity index is 2.19. The van der Waals surface area contributed by atoms with Gasteiger partial charge in [-0.25, -0.2) is 4.79 Å². The number of methoxy groups -OCH3 is 3. The number of hydrogen-bond acceptors (Lipinski definition) is 8. The third kappa shape index (κ3) is 2.47. The fourth-order valence-corrected chi connectivity index (χ4v) is 2.48. The summed E-state index contributed by atoms with van der Waals surface area (Å²) in [6.07, 6.45) is 1.50. The van der Waals surface area contributed by atoms with E-state index < -0.39 is 12.0 Å². The molecule has 10 heteroatoms. The zero-order chi connectivity index (χ0) is 17.3. The molecule has 0 aliphatic carbocycles. The van der Waals surface area contributed by atoms with Gasteiger partial charge in [0.1, 0.15) is 17.5 Å². The van der Waals surface area contributed by atoms with E-state index in [0.29, 0.717) is 22.8 Å². The van der Waals surface area contributed by atoms with E-state index in [1.807, 2.05) is 0 Å². The number of nitrogens with zero attached hydrogens (tertiary/aromatic N) is 4. The number of ether oxygens (including phenoxy) is 3. The minimum atomic E-state index is -1.12. The van der Waals surface area contributed by atoms with E-state index in [9.17, 15) is 9.90 Å². The predicted octanol–water partition coefficient (Wildman–Crippen LogP) is 0.682. The lowest BCUT2D eigenvalue weighted by Gasteiger charge is -2.24. The van der Waals surface area contributed by atoms with E-state index in [4.69, 9.17) is 14.2 Å². The SMILES string of the molecule is COc1cc(OC)c([C@@H]2C=C(C(=O)O)Nc3nnnn32)cc1OC. The molecule has 1 aliphatic heterocycles. The van der Waals surface area contributed by atoms with Crippen molar-refractivity contribution in [1.82, 2.24) is 20.2 Å². The van der Waals surface area contributed by atoms with Crippen LogP contribution in [0.2, 0.25) is 0 Å². The highest BCUT2D eigenvalue weighted by Gasteiger charge is 2.29. The maximum atomic E-state index is 11.4. The highest BCUT2D eigenvalue weighted by Crippen LogP contribution is 2.40. The fraction of sp³-hybridized carbons (Fsp3) is 0.286. The molecule has 0 saturated carbocycles. The number of fused-ring (bicyclic) bond motifs is 1. The molecule has 0 saturated heterocycles. The number of aromatic nitrogens is 4. The van der Waals surface area contributed by atoms with Crippen LogP contribution in [0.1, 0.15) is 11.6 Å². The summed E-state index contributed by atoms with van der Waals surface area (Å²) in [5.74, 6) is 0.561. The Bertz CT molecular complexity index is 816. The van der Waals surface area contributed by atoms with Crippen molar-refractivity contribution in [1.29, 1.82) is 0 Å². The molecule has 126 valence electrons. The smallest absolute Gasteiger partial charge is 0.352 e. The van der Waals surface area contributed by atoms with Gasteiger partial charge >= 0.3 is 5.97 Å². The lowest BCUT2D eigenvalue weighted by atomic mass is 10.0. The van der Waals surface area contributed by atoms with Crippen LogP contribution in [0, 0.1) is 0 Å². The van der Waals surface area contributed by atoms with Gasteiger partial charge in [0.15, 0.2) is 11.5 Å². The quantitative estimate of drug-likeness (QED) is 0.813. The van der Waals surface area contributed by atoms with Crippen LogP contribution in [0.4, 0.5) is 5.95 Å². The van der Waals surface area contributed by atoms with Crippen LogP contribution in [0.15, 0.2) is 23.9 Å². The minimum absolute atomic E-state index is 0.0286. The summed E-state index contributed by atoms with van der Waals surface area (Å²) in [4.78, 5) is 11.4. The molecule has 24 heavy (non-hydrogen) atoms. The summed E-state index contributed by atoms with van der Waals surface area (Å²) in [5.41, 5.74) is 0.600. The van der Waals surface area contributed by atoms with Crippen molar-refractivity contribution in [2.45, 2.75) is 6.04 Å². The number of aliphatic carboxylic acids is 1. The molecule has 2 aromatic rings. The van der Waals surface area contributed by atoms with E-state index in [0.717, 1.165) is 0 Å². The molecule has 0 radical (unpaired) electrons. The second-order valence-corrected chi connectivity index (χ2v) is 4.85. The third-order valence-corrected chi connectivity index (χ3v) is 3.61. The first-order chi connectivity index (χ1) is 11.6. The Labute approximate surface area is 136 Å². The molecule has 0 bridgehead atoms. The van der Waals surface area contributed by atoms with Crippen molar-refractivity contribution in [3.63, 3.8) is 0 Å². The van der Waals surface area contributed by atoms with Gasteiger partial charge in [-0.2, -0.15) is 4.68 Å². The van der Waals surface area contributed by atoms with E-state index in [2.05, 4.69) is 20.8 Å². The summed E-state index contributed by atoms with van der Waals surface area (Å²) in [6, 6.07) is 2.78. The molecular weight excluding hydrogens is 318 g/mol. The molecule has 10 nitrogen and oxygen atoms in total. The Kier molecular flexibility index (Phi) is 3.94. The fourth-order valence-electron chi connectivity index (χ4n) is 2.48. The molecular formula is C14H15N5O5. The monoisotopic (exact) mass is 333 g/mol. The maximum Gasteiger partial charge on any atom is 0.352 e. The van der Waals surface area contributed by atoms with E-state index in [1.165, 1.54) is 32.1 Å². The van der Waals surface area contributed by atoms with Crippen LogP contribution in [-0.2, 0) is 4.79 Å². The van der Waals surface area contributed by atoms with Crippen molar-refractivity contribution in [3.8, 4) is 17.2 Å². The largest absolute Gasteiger partial charge is 0.496 e. The van der Waals surface area contributed by atoms with Gasteiger partial charge in [-0.15, -0.1) is 0 Å². The summed E-state index contributed by atoms with van der Waals surface area (Å²) in [6.45, 7) is 0. The first kappa shape index (κ1) is 15.6. The van der Waals surface area contributed by atoms with Gasteiger partial charge in [-0.05, 0) is 22.6 Å². The Hall–Kier alpha value is -3.30. The number of nitrogens with one attached hydrogen (secondary N) is 1. The van der Waals surface area contributed by atoms with Crippen LogP contribution < -0.4 is 19.5 Å². The van der Waals surface area contributed by atoms with Crippen molar-refractivity contribution >= 4 is 11.9 Å². The molecule has 0 spiro atoms. The minimum Gasteiger partial charge on any atom is -0.496 e. The second-order valence-electron chi connectivity index (χ2n) is 4.85. The van der Waals surface area contributed by atoms with Crippen LogP contribution in [0.5, 0.6) is 17.2 Å². The molecule has 1 aromatic carbocycles. The van der Waals surface area contributed by atoms with Crippen LogP contribution >= 0.6 is 0 Å². The molecule has 0 unspecified atom stereocenters. The summed E-state index contributed by atoms with van der Waals surface area (Å²) in [5, 5.41) is 23.2. The van der Waals surface area contributed by atoms with Gasteiger partial charge < -0.3 is 24.6 Å². The summed E-state index contributed by atoms with van der Waals surface area (Å²) >= 11 is 0. The van der Waals surface area contributed by atoms with Gasteiger partial charge in [0, 0.05) is 11.6 Å². The number of benzene rings is 1. The van der Waals surface area contributed by atoms with Crippen molar-refractivity contribution < 1.29 is 24.1 Å². The highest BCUT2D eigenvalue weighted by molar-refractivity contribution is 5.90. The van der Waals surface area contributed by atoms with Gasteiger partial charge in [0.25, 0.3) is 0 Å². The van der Waals surface area contributed by atoms with Crippen molar-refractivity contribution in [2.24, 2.45) is 0 Å². The van der Waals surface area contributed by atoms with Crippen LogP contribution in [-0.4, -0.2) is 52.6 Å². The summed E-state index contributed by atoms with van der Waals surface area (Å²) in [7, 11) is 4.54. The third-order valence-electron chi connectivity index (χ3n) is 3.61. The number of rotatable bonds is 5. The topological polar surface area (TPSA) is 121 Å². The molecule has 1 aliphatic rings. The molecule has 1 aromatic heterocycles. The second kappa shape index (κ2) is 6.07. The number of carboxylic acids is 1. The van der Waals surface area contributed by atoms with Crippen LogP contribution in [0.3, 0.4) is 0 Å². The predicted molar refractivity (Wildman–Crippen MR) is 81.4 cm³/mol. The van der Waals surface area contributed by atoms with Crippen molar-refractivity contribution in [2.75, 3.05) is 26.6 Å². The molecule has 3 rings (SSSR count). The first-order valence-corrected chi connectivity index (χ1v) is 6.89. The molecule has 2 N–H and O–H groups in total. The summed E-state index contributed by atoms with van der Waals surface area (Å²) < 4.78 is 17.4. The lowest BCUT2D eigenvalue weighted by molar-refractivity contribution is -0.132.